The Kier molecular flexibility index (Phi) is 3.57. The molecule has 118 valence electrons. The number of nitrogens with zero attached hydrogens (tertiary/aromatic N) is 3. The summed E-state index contributed by atoms with van der Waals surface area (Å²) in [7, 11) is 0. The van der Waals surface area contributed by atoms with Crippen molar-refractivity contribution >= 4 is 16.9 Å². The average molecular weight is 309 g/mol. The van der Waals surface area contributed by atoms with Gasteiger partial charge in [0.05, 0.1) is 11.0 Å². The lowest BCUT2D eigenvalue weighted by molar-refractivity contribution is -0.130. The van der Waals surface area contributed by atoms with E-state index in [9.17, 15) is 4.79 Å². The number of carbonyl (C=O) groups excluding carboxylic acids is 1. The van der Waals surface area contributed by atoms with Crippen LogP contribution >= 0.6 is 0 Å². The summed E-state index contributed by atoms with van der Waals surface area (Å²) < 4.78 is 0. The first kappa shape index (κ1) is 14.0. The Morgan fingerprint density at radius 2 is 2.22 bits per heavy atom. The minimum Gasteiger partial charge on any atom is -0.342 e. The van der Waals surface area contributed by atoms with E-state index in [0.717, 1.165) is 42.1 Å². The molecule has 0 aliphatic carbocycles. The van der Waals surface area contributed by atoms with Gasteiger partial charge in [-0.2, -0.15) is 5.10 Å². The first-order valence-electron chi connectivity index (χ1n) is 8.00. The number of nitrogens with one attached hydrogen (secondary N) is 2. The summed E-state index contributed by atoms with van der Waals surface area (Å²) in [6.45, 7) is 1.60. The number of carbonyl (C=O) groups is 1. The Bertz CT molecular complexity index is 774. The molecule has 0 radical (unpaired) electrons. The van der Waals surface area contributed by atoms with Gasteiger partial charge in [-0.25, -0.2) is 4.98 Å². The monoisotopic (exact) mass is 309 g/mol. The van der Waals surface area contributed by atoms with Crippen LogP contribution in [0.25, 0.3) is 11.0 Å². The number of imidazole rings is 1. The maximum Gasteiger partial charge on any atom is 0.223 e. The molecule has 6 heteroatoms. The van der Waals surface area contributed by atoms with Crippen LogP contribution in [0.4, 0.5) is 0 Å². The highest BCUT2D eigenvalue weighted by Crippen LogP contribution is 2.26. The van der Waals surface area contributed by atoms with Crippen molar-refractivity contribution in [2.24, 2.45) is 0 Å². The van der Waals surface area contributed by atoms with Crippen molar-refractivity contribution in [3.05, 3.63) is 48.0 Å². The molecule has 6 nitrogen and oxygen atoms in total. The molecule has 1 aliphatic rings. The number of hydrogen-bond donors (Lipinski definition) is 2. The smallest absolute Gasteiger partial charge is 0.223 e. The SMILES string of the molecule is O=C(CCc1nc2ccccc2[nH]1)N1CC[C@H](c2ccn[nH]2)C1. The van der Waals surface area contributed by atoms with E-state index in [1.807, 2.05) is 35.2 Å². The number of benzene rings is 1. The molecule has 1 saturated heterocycles. The lowest BCUT2D eigenvalue weighted by Gasteiger charge is -2.15. The van der Waals surface area contributed by atoms with Gasteiger partial charge in [0.2, 0.25) is 5.91 Å². The van der Waals surface area contributed by atoms with E-state index in [-0.39, 0.29) is 5.91 Å². The number of aryl methyl sites for hydroxylation is 1. The molecule has 1 fully saturated rings. The van der Waals surface area contributed by atoms with Crippen LogP contribution in [0.1, 0.15) is 30.3 Å². The van der Waals surface area contributed by atoms with Gasteiger partial charge >= 0.3 is 0 Å². The van der Waals surface area contributed by atoms with Gasteiger partial charge in [-0.3, -0.25) is 9.89 Å². The number of para-hydroxylation sites is 2. The van der Waals surface area contributed by atoms with Crippen LogP contribution in [0.2, 0.25) is 0 Å². The summed E-state index contributed by atoms with van der Waals surface area (Å²) >= 11 is 0. The van der Waals surface area contributed by atoms with Crippen LogP contribution < -0.4 is 0 Å². The summed E-state index contributed by atoms with van der Waals surface area (Å²) in [5, 5.41) is 7.00. The van der Waals surface area contributed by atoms with E-state index < -0.39 is 0 Å². The van der Waals surface area contributed by atoms with Gasteiger partial charge < -0.3 is 9.88 Å². The van der Waals surface area contributed by atoms with Crippen molar-refractivity contribution < 1.29 is 4.79 Å². The number of H-pyrrole nitrogens is 2. The molecule has 0 unspecified atom stereocenters. The largest absolute Gasteiger partial charge is 0.342 e. The standard InChI is InChI=1S/C17H19N5O/c23-17(22-10-8-12(11-22)13-7-9-18-21-13)6-5-16-19-14-3-1-2-4-15(14)20-16/h1-4,7,9,12H,5-6,8,10-11H2,(H,18,21)(H,19,20)/t12-/m0/s1. The van der Waals surface area contributed by atoms with Crippen LogP contribution in [-0.4, -0.2) is 44.1 Å². The molecule has 0 bridgehead atoms. The van der Waals surface area contributed by atoms with E-state index in [0.29, 0.717) is 18.8 Å². The zero-order valence-corrected chi connectivity index (χ0v) is 12.8. The summed E-state index contributed by atoms with van der Waals surface area (Å²) in [6, 6.07) is 9.93. The predicted molar refractivity (Wildman–Crippen MR) is 86.9 cm³/mol. The number of fused-ring (bicyclic) bond motifs is 1. The fraction of sp³-hybridized carbons (Fsp3) is 0.353. The van der Waals surface area contributed by atoms with Crippen molar-refractivity contribution in [2.75, 3.05) is 13.1 Å². The second-order valence-corrected chi connectivity index (χ2v) is 6.04. The third-order valence-electron chi connectivity index (χ3n) is 4.52. The lowest BCUT2D eigenvalue weighted by atomic mass is 10.1. The molecule has 1 amide bonds. The Balaban J connectivity index is 1.35. The molecule has 2 N–H and O–H groups in total. The van der Waals surface area contributed by atoms with Gasteiger partial charge in [0.25, 0.3) is 0 Å². The van der Waals surface area contributed by atoms with Gasteiger partial charge in [0.15, 0.2) is 0 Å². The molecule has 1 atom stereocenters. The van der Waals surface area contributed by atoms with Crippen LogP contribution in [0.5, 0.6) is 0 Å². The minimum atomic E-state index is 0.201. The number of aromatic amines is 2. The molecule has 3 heterocycles. The highest BCUT2D eigenvalue weighted by molar-refractivity contribution is 5.77. The van der Waals surface area contributed by atoms with Gasteiger partial charge in [-0.05, 0) is 24.6 Å². The Morgan fingerprint density at radius 3 is 3.04 bits per heavy atom. The number of hydrogen-bond acceptors (Lipinski definition) is 3. The average Bonchev–Trinajstić information content (AvgIpc) is 3.31. The normalized spacial score (nSPS) is 17.9. The van der Waals surface area contributed by atoms with Crippen molar-refractivity contribution in [3.63, 3.8) is 0 Å². The number of aromatic nitrogens is 4. The highest BCUT2D eigenvalue weighted by atomic mass is 16.2. The fourth-order valence-electron chi connectivity index (χ4n) is 3.24. The van der Waals surface area contributed by atoms with Gasteiger partial charge in [0.1, 0.15) is 5.82 Å². The molecule has 1 aliphatic heterocycles. The minimum absolute atomic E-state index is 0.201. The molecule has 0 saturated carbocycles. The lowest BCUT2D eigenvalue weighted by Crippen LogP contribution is -2.28. The summed E-state index contributed by atoms with van der Waals surface area (Å²) in [6.07, 6.45) is 3.91. The molecule has 3 aromatic rings. The molecule has 0 spiro atoms. The van der Waals surface area contributed by atoms with E-state index in [2.05, 4.69) is 20.2 Å². The van der Waals surface area contributed by atoms with E-state index in [1.165, 1.54) is 0 Å². The molecule has 23 heavy (non-hydrogen) atoms. The first-order valence-corrected chi connectivity index (χ1v) is 8.00. The van der Waals surface area contributed by atoms with Crippen LogP contribution in [-0.2, 0) is 11.2 Å². The quantitative estimate of drug-likeness (QED) is 0.776. The Morgan fingerprint density at radius 1 is 1.30 bits per heavy atom. The van der Waals surface area contributed by atoms with Crippen LogP contribution in [0, 0.1) is 0 Å². The topological polar surface area (TPSA) is 77.7 Å². The molecule has 2 aromatic heterocycles. The van der Waals surface area contributed by atoms with Crippen molar-refractivity contribution in [1.82, 2.24) is 25.1 Å². The van der Waals surface area contributed by atoms with Crippen LogP contribution in [0.15, 0.2) is 36.5 Å². The van der Waals surface area contributed by atoms with Crippen LogP contribution in [0.3, 0.4) is 0 Å². The zero-order valence-electron chi connectivity index (χ0n) is 12.8. The van der Waals surface area contributed by atoms with Gasteiger partial charge in [0, 0.05) is 43.7 Å². The number of likely N-dealkylation sites (tertiary alicyclic amines) is 1. The molecular formula is C17H19N5O. The highest BCUT2D eigenvalue weighted by Gasteiger charge is 2.27. The molecule has 4 rings (SSSR count). The third-order valence-corrected chi connectivity index (χ3v) is 4.52. The number of amides is 1. The Labute approximate surface area is 133 Å². The number of rotatable bonds is 4. The summed E-state index contributed by atoms with van der Waals surface area (Å²) in [5.41, 5.74) is 3.10. The molecule has 1 aromatic carbocycles. The second kappa shape index (κ2) is 5.87. The van der Waals surface area contributed by atoms with Crippen molar-refractivity contribution in [2.45, 2.75) is 25.2 Å². The maximum atomic E-state index is 12.4. The maximum absolute atomic E-state index is 12.4. The fourth-order valence-corrected chi connectivity index (χ4v) is 3.24. The summed E-state index contributed by atoms with van der Waals surface area (Å²) in [5.74, 6) is 1.46. The Hall–Kier alpha value is -2.63. The zero-order chi connectivity index (χ0) is 15.6. The van der Waals surface area contributed by atoms with Gasteiger partial charge in [-0.15, -0.1) is 0 Å². The van der Waals surface area contributed by atoms with Crippen molar-refractivity contribution in [1.29, 1.82) is 0 Å². The van der Waals surface area contributed by atoms with E-state index in [1.54, 1.807) is 6.20 Å². The summed E-state index contributed by atoms with van der Waals surface area (Å²) in [4.78, 5) is 22.2. The predicted octanol–water partition coefficient (Wildman–Crippen LogP) is 2.23. The second-order valence-electron chi connectivity index (χ2n) is 6.04. The van der Waals surface area contributed by atoms with Gasteiger partial charge in [-0.1, -0.05) is 12.1 Å². The third kappa shape index (κ3) is 2.84. The molecular weight excluding hydrogens is 290 g/mol. The van der Waals surface area contributed by atoms with E-state index in [4.69, 9.17) is 0 Å². The van der Waals surface area contributed by atoms with E-state index >= 15 is 0 Å². The first-order chi connectivity index (χ1) is 11.3. The van der Waals surface area contributed by atoms with Crippen molar-refractivity contribution in [3.8, 4) is 0 Å².